The third-order valence-electron chi connectivity index (χ3n) is 9.47. The number of esters is 1. The Morgan fingerprint density at radius 1 is 0.407 bits per heavy atom. The Bertz CT molecular complexity index is 1220. The maximum atomic E-state index is 12.3. The molecule has 0 aromatic rings. The highest BCUT2D eigenvalue weighted by Crippen LogP contribution is 2.12. The van der Waals surface area contributed by atoms with E-state index in [4.69, 9.17) is 9.47 Å². The van der Waals surface area contributed by atoms with Gasteiger partial charge < -0.3 is 14.6 Å². The van der Waals surface area contributed by atoms with Crippen molar-refractivity contribution in [3.8, 4) is 0 Å². The van der Waals surface area contributed by atoms with Crippen LogP contribution in [0.1, 0.15) is 181 Å². The Morgan fingerprint density at radius 3 is 1.07 bits per heavy atom. The van der Waals surface area contributed by atoms with Crippen LogP contribution < -0.4 is 0 Å². The average molecular weight is 813 g/mol. The Labute approximate surface area is 364 Å². The molecule has 0 aromatic carbocycles. The first-order valence-corrected chi connectivity index (χ1v) is 23.8. The summed E-state index contributed by atoms with van der Waals surface area (Å²) in [7, 11) is 0. The van der Waals surface area contributed by atoms with E-state index >= 15 is 0 Å². The second-order valence-corrected chi connectivity index (χ2v) is 15.1. The Hall–Kier alpha value is -3.47. The van der Waals surface area contributed by atoms with Crippen LogP contribution >= 0.6 is 0 Å². The van der Waals surface area contributed by atoms with Gasteiger partial charge in [0.25, 0.3) is 0 Å². The zero-order chi connectivity index (χ0) is 42.6. The lowest BCUT2D eigenvalue weighted by atomic mass is 10.1. The summed E-state index contributed by atoms with van der Waals surface area (Å²) in [6.07, 6.45) is 76.6. The molecule has 0 amide bonds. The molecule has 0 saturated heterocycles. The third kappa shape index (κ3) is 48.8. The van der Waals surface area contributed by atoms with Crippen molar-refractivity contribution < 1.29 is 19.4 Å². The van der Waals surface area contributed by atoms with Crippen molar-refractivity contribution in [3.05, 3.63) is 134 Å². The van der Waals surface area contributed by atoms with Crippen LogP contribution in [0.4, 0.5) is 0 Å². The second kappa shape index (κ2) is 50.7. The number of carbonyl (C=O) groups is 1. The van der Waals surface area contributed by atoms with Crippen LogP contribution in [0.15, 0.2) is 134 Å². The first-order valence-electron chi connectivity index (χ1n) is 23.8. The van der Waals surface area contributed by atoms with E-state index in [0.717, 1.165) is 109 Å². The van der Waals surface area contributed by atoms with Crippen molar-refractivity contribution in [2.24, 2.45) is 0 Å². The molecule has 0 saturated carbocycles. The highest BCUT2D eigenvalue weighted by atomic mass is 16.6. The quantitative estimate of drug-likeness (QED) is 0.0379. The van der Waals surface area contributed by atoms with E-state index in [-0.39, 0.29) is 19.2 Å². The lowest BCUT2D eigenvalue weighted by Crippen LogP contribution is -2.27. The van der Waals surface area contributed by atoms with Gasteiger partial charge in [0.1, 0.15) is 6.10 Å². The fraction of sp³-hybridized carbons (Fsp3) is 0.582. The van der Waals surface area contributed by atoms with Crippen LogP contribution in [0.5, 0.6) is 0 Å². The molecule has 1 atom stereocenters. The van der Waals surface area contributed by atoms with Crippen LogP contribution in [0.3, 0.4) is 0 Å². The van der Waals surface area contributed by atoms with Gasteiger partial charge in [-0.15, -0.1) is 0 Å². The number of carbonyl (C=O) groups excluding carboxylic acids is 1. The van der Waals surface area contributed by atoms with Crippen LogP contribution in [0.2, 0.25) is 0 Å². The summed E-state index contributed by atoms with van der Waals surface area (Å²) in [5.74, 6) is -0.225. The molecular weight excluding hydrogens is 725 g/mol. The summed E-state index contributed by atoms with van der Waals surface area (Å²) < 4.78 is 11.2. The van der Waals surface area contributed by atoms with Gasteiger partial charge in [0.15, 0.2) is 0 Å². The summed E-state index contributed by atoms with van der Waals surface area (Å²) in [4.78, 5) is 12.3. The van der Waals surface area contributed by atoms with Gasteiger partial charge in [-0.3, -0.25) is 4.79 Å². The van der Waals surface area contributed by atoms with E-state index in [1.54, 1.807) is 0 Å². The molecule has 332 valence electrons. The van der Waals surface area contributed by atoms with Crippen LogP contribution in [-0.2, 0) is 14.3 Å². The molecule has 0 aliphatic carbocycles. The second-order valence-electron chi connectivity index (χ2n) is 15.1. The number of aliphatic hydroxyl groups excluding tert-OH is 1. The highest BCUT2D eigenvalue weighted by molar-refractivity contribution is 5.69. The fourth-order valence-electron chi connectivity index (χ4n) is 6.00. The van der Waals surface area contributed by atoms with E-state index in [1.165, 1.54) is 51.4 Å². The van der Waals surface area contributed by atoms with Crippen LogP contribution in [0, 0.1) is 0 Å². The molecule has 0 rings (SSSR count). The summed E-state index contributed by atoms with van der Waals surface area (Å²) in [5.41, 5.74) is 0. The molecule has 4 heteroatoms. The topological polar surface area (TPSA) is 55.8 Å². The normalized spacial score (nSPS) is 13.6. The zero-order valence-electron chi connectivity index (χ0n) is 38.0. The number of hydrogen-bond donors (Lipinski definition) is 1. The van der Waals surface area contributed by atoms with E-state index in [0.29, 0.717) is 13.0 Å². The van der Waals surface area contributed by atoms with Crippen molar-refractivity contribution in [1.29, 1.82) is 0 Å². The number of unbranched alkanes of at least 4 members (excludes halogenated alkanes) is 12. The van der Waals surface area contributed by atoms with Gasteiger partial charge in [-0.2, -0.15) is 0 Å². The molecule has 1 N–H and O–H groups in total. The number of allylic oxidation sites excluding steroid dienone is 22. The van der Waals surface area contributed by atoms with Gasteiger partial charge in [-0.05, 0) is 109 Å². The van der Waals surface area contributed by atoms with Crippen molar-refractivity contribution >= 4 is 5.97 Å². The molecule has 0 fully saturated rings. The standard InChI is InChI=1S/C55H88O4/c1-3-5-7-9-11-13-15-17-19-21-23-25-26-27-28-29-31-33-35-37-39-41-43-45-47-49-51-58-53-54(52-56)59-55(57)50-48-46-44-42-40-38-36-34-32-30-24-22-20-18-16-14-12-10-8-6-4-2/h5-8,11-14,17-20,23-25,27-28,30-31,33,37,39,54,56H,3-4,9-10,15-16,21-22,26,29,32,34-36,38,40-53H2,1-2H3/b7-5-,8-6-,13-11-,14-12-,19-17-,20-18-,25-23-,28-27-,30-24-,33-31-,39-37-. The molecule has 1 unspecified atom stereocenters. The smallest absolute Gasteiger partial charge is 0.306 e. The van der Waals surface area contributed by atoms with Gasteiger partial charge in [-0.1, -0.05) is 199 Å². The van der Waals surface area contributed by atoms with E-state index in [1.807, 2.05) is 0 Å². The minimum atomic E-state index is -0.564. The summed E-state index contributed by atoms with van der Waals surface area (Å²) in [6.45, 7) is 5.03. The first-order chi connectivity index (χ1) is 29.2. The van der Waals surface area contributed by atoms with Crippen molar-refractivity contribution in [1.82, 2.24) is 0 Å². The van der Waals surface area contributed by atoms with Crippen molar-refractivity contribution in [2.75, 3.05) is 19.8 Å². The molecule has 0 radical (unpaired) electrons. The van der Waals surface area contributed by atoms with E-state index in [2.05, 4.69) is 148 Å². The maximum Gasteiger partial charge on any atom is 0.306 e. The highest BCUT2D eigenvalue weighted by Gasteiger charge is 2.13. The van der Waals surface area contributed by atoms with Gasteiger partial charge in [0.05, 0.1) is 13.2 Å². The Morgan fingerprint density at radius 2 is 0.712 bits per heavy atom. The molecule has 0 heterocycles. The minimum absolute atomic E-state index is 0.196. The molecular formula is C55H88O4. The SMILES string of the molecule is CC/C=C\C/C=C\C/C=C\C/C=C\C/C=C\C/C=C\C/C=C\CCCCCCOCC(CO)OC(=O)CCCCCCCCCC/C=C\C/C=C\C/C=C\C/C=C\CC. The zero-order valence-corrected chi connectivity index (χ0v) is 38.0. The fourth-order valence-corrected chi connectivity index (χ4v) is 6.00. The average Bonchev–Trinajstić information content (AvgIpc) is 3.24. The van der Waals surface area contributed by atoms with Crippen molar-refractivity contribution in [3.63, 3.8) is 0 Å². The lowest BCUT2D eigenvalue weighted by molar-refractivity contribution is -0.154. The predicted molar refractivity (Wildman–Crippen MR) is 260 cm³/mol. The first kappa shape index (κ1) is 55.5. The predicted octanol–water partition coefficient (Wildman–Crippen LogP) is 16.2. The minimum Gasteiger partial charge on any atom is -0.457 e. The Balaban J connectivity index is 3.58. The lowest BCUT2D eigenvalue weighted by Gasteiger charge is -2.15. The summed E-state index contributed by atoms with van der Waals surface area (Å²) in [5, 5.41) is 9.64. The molecule has 4 nitrogen and oxygen atoms in total. The molecule has 0 aliphatic heterocycles. The van der Waals surface area contributed by atoms with Crippen molar-refractivity contribution in [2.45, 2.75) is 187 Å². The van der Waals surface area contributed by atoms with Crippen LogP contribution in [-0.4, -0.2) is 37.0 Å². The van der Waals surface area contributed by atoms with E-state index < -0.39 is 6.10 Å². The molecule has 0 aromatic heterocycles. The number of aliphatic hydroxyl groups is 1. The number of hydrogen-bond acceptors (Lipinski definition) is 4. The third-order valence-corrected chi connectivity index (χ3v) is 9.47. The monoisotopic (exact) mass is 813 g/mol. The van der Waals surface area contributed by atoms with Gasteiger partial charge in [0.2, 0.25) is 0 Å². The maximum absolute atomic E-state index is 12.3. The van der Waals surface area contributed by atoms with Crippen LogP contribution in [0.25, 0.3) is 0 Å². The Kier molecular flexibility index (Phi) is 47.7. The summed E-state index contributed by atoms with van der Waals surface area (Å²) in [6, 6.07) is 0. The van der Waals surface area contributed by atoms with Gasteiger partial charge in [-0.25, -0.2) is 0 Å². The van der Waals surface area contributed by atoms with Gasteiger partial charge in [0, 0.05) is 13.0 Å². The largest absolute Gasteiger partial charge is 0.457 e. The number of ether oxygens (including phenoxy) is 2. The molecule has 0 bridgehead atoms. The molecule has 0 aliphatic rings. The molecule has 0 spiro atoms. The van der Waals surface area contributed by atoms with Gasteiger partial charge >= 0.3 is 5.97 Å². The summed E-state index contributed by atoms with van der Waals surface area (Å²) >= 11 is 0. The molecule has 59 heavy (non-hydrogen) atoms. The van der Waals surface area contributed by atoms with E-state index in [9.17, 15) is 9.90 Å². The number of rotatable bonds is 42.